The Morgan fingerprint density at radius 3 is 1.29 bits per heavy atom. The number of nitrogens with one attached hydrogen (secondary N) is 2. The Hall–Kier alpha value is -1.16. The first-order valence-electron chi connectivity index (χ1n) is 7.54. The van der Waals surface area contributed by atoms with Gasteiger partial charge in [-0.1, -0.05) is 69.4 Å². The zero-order valence-electron chi connectivity index (χ0n) is 13.0. The minimum Gasteiger partial charge on any atom is -0.351 e. The number of carbonyl (C=O) groups excluding carboxylic acids is 2. The quantitative estimate of drug-likeness (QED) is 0.410. The molecule has 0 bridgehead atoms. The van der Waals surface area contributed by atoms with Crippen LogP contribution in [0, 0.1) is 0 Å². The molecule has 0 aliphatic rings. The second kappa shape index (κ2) is 9.97. The third kappa shape index (κ3) is 5.44. The van der Waals surface area contributed by atoms with Gasteiger partial charge in [-0.3, -0.25) is 9.59 Å². The van der Waals surface area contributed by atoms with Crippen LogP contribution in [0.4, 0.5) is 0 Å². The Bertz CT molecular complexity index is 624. The lowest BCUT2D eigenvalue weighted by atomic mass is 10.0. The fraction of sp³-hybridized carbons (Fsp3) is 0.222. The van der Waals surface area contributed by atoms with E-state index >= 15 is 0 Å². The van der Waals surface area contributed by atoms with Crippen LogP contribution in [0.3, 0.4) is 0 Å². The molecule has 0 spiro atoms. The van der Waals surface area contributed by atoms with Gasteiger partial charge in [0, 0.05) is 33.1 Å². The summed E-state index contributed by atoms with van der Waals surface area (Å²) in [6.45, 7) is 1.34. The molecule has 6 heteroatoms. The minimum atomic E-state index is -0.0551. The lowest BCUT2D eigenvalue weighted by molar-refractivity contribution is 0.0948. The molecule has 0 fully saturated rings. The molecule has 0 aliphatic carbocycles. The van der Waals surface area contributed by atoms with Crippen molar-refractivity contribution in [3.05, 3.63) is 59.7 Å². The number of hydrogen-bond acceptors (Lipinski definition) is 2. The second-order valence-corrected chi connectivity index (χ2v) is 7.20. The number of rotatable bonds is 7. The zero-order chi connectivity index (χ0) is 17.4. The molecule has 0 saturated carbocycles. The normalized spacial score (nSPS) is 10.2. The smallest absolute Gasteiger partial charge is 0.251 e. The molecule has 0 radical (unpaired) electrons. The van der Waals surface area contributed by atoms with Crippen LogP contribution >= 0.6 is 45.2 Å². The average molecular weight is 548 g/mol. The highest BCUT2D eigenvalue weighted by atomic mass is 127. The van der Waals surface area contributed by atoms with Crippen molar-refractivity contribution in [3.8, 4) is 11.1 Å². The van der Waals surface area contributed by atoms with Gasteiger partial charge in [-0.2, -0.15) is 0 Å². The summed E-state index contributed by atoms with van der Waals surface area (Å²) in [4.78, 5) is 23.8. The van der Waals surface area contributed by atoms with Crippen molar-refractivity contribution in [2.24, 2.45) is 0 Å². The Morgan fingerprint density at radius 1 is 0.667 bits per heavy atom. The Morgan fingerprint density at radius 2 is 1.00 bits per heavy atom. The van der Waals surface area contributed by atoms with E-state index < -0.39 is 0 Å². The third-order valence-corrected chi connectivity index (χ3v) is 4.47. The van der Waals surface area contributed by atoms with Gasteiger partial charge in [-0.05, 0) is 35.4 Å². The van der Waals surface area contributed by atoms with Crippen LogP contribution < -0.4 is 10.6 Å². The fourth-order valence-corrected chi connectivity index (χ4v) is 2.69. The number of amides is 2. The molecule has 0 saturated heterocycles. The van der Waals surface area contributed by atoms with Crippen molar-refractivity contribution in [3.63, 3.8) is 0 Å². The van der Waals surface area contributed by atoms with E-state index in [4.69, 9.17) is 0 Å². The molecule has 2 N–H and O–H groups in total. The van der Waals surface area contributed by atoms with E-state index in [9.17, 15) is 9.59 Å². The summed E-state index contributed by atoms with van der Waals surface area (Å²) in [6, 6.07) is 15.0. The van der Waals surface area contributed by atoms with Gasteiger partial charge in [-0.25, -0.2) is 0 Å². The molecule has 24 heavy (non-hydrogen) atoms. The summed E-state index contributed by atoms with van der Waals surface area (Å²) in [5, 5.41) is 5.71. The van der Waals surface area contributed by atoms with E-state index in [2.05, 4.69) is 55.8 Å². The maximum Gasteiger partial charge on any atom is 0.251 e. The maximum atomic E-state index is 11.9. The Kier molecular flexibility index (Phi) is 7.97. The van der Waals surface area contributed by atoms with E-state index in [0.717, 1.165) is 20.0 Å². The fourth-order valence-electron chi connectivity index (χ4n) is 2.15. The van der Waals surface area contributed by atoms with Crippen LogP contribution in [-0.4, -0.2) is 33.8 Å². The number of alkyl halides is 2. The molecule has 2 rings (SSSR count). The Balaban J connectivity index is 2.06. The molecule has 0 heterocycles. The molecule has 2 amide bonds. The van der Waals surface area contributed by atoms with E-state index in [0.29, 0.717) is 24.2 Å². The molecule has 126 valence electrons. The van der Waals surface area contributed by atoms with Crippen molar-refractivity contribution in [1.82, 2.24) is 10.6 Å². The van der Waals surface area contributed by atoms with Crippen LogP contribution in [0.5, 0.6) is 0 Å². The van der Waals surface area contributed by atoms with Gasteiger partial charge in [-0.15, -0.1) is 0 Å². The SMILES string of the molecule is O=C(NCCI)c1ccc(-c2ccc(C(=O)NCCI)cc2)cc1. The lowest BCUT2D eigenvalue weighted by Crippen LogP contribution is -2.25. The third-order valence-electron chi connectivity index (χ3n) is 3.39. The molecule has 0 atom stereocenters. The maximum absolute atomic E-state index is 11.9. The lowest BCUT2D eigenvalue weighted by Gasteiger charge is -2.07. The average Bonchev–Trinajstić information content (AvgIpc) is 2.64. The van der Waals surface area contributed by atoms with Gasteiger partial charge >= 0.3 is 0 Å². The first-order valence-corrected chi connectivity index (χ1v) is 10.6. The summed E-state index contributed by atoms with van der Waals surface area (Å²) in [5.74, 6) is -0.110. The van der Waals surface area contributed by atoms with Crippen molar-refractivity contribution < 1.29 is 9.59 Å². The van der Waals surface area contributed by atoms with E-state index in [1.54, 1.807) is 0 Å². The van der Waals surface area contributed by atoms with Gasteiger partial charge in [0.15, 0.2) is 0 Å². The summed E-state index contributed by atoms with van der Waals surface area (Å²) in [5.41, 5.74) is 3.33. The van der Waals surface area contributed by atoms with Gasteiger partial charge in [0.1, 0.15) is 0 Å². The van der Waals surface area contributed by atoms with Crippen LogP contribution in [-0.2, 0) is 0 Å². The highest BCUT2D eigenvalue weighted by molar-refractivity contribution is 14.1. The van der Waals surface area contributed by atoms with E-state index in [1.165, 1.54) is 0 Å². The minimum absolute atomic E-state index is 0.0551. The number of carbonyl (C=O) groups is 2. The molecule has 0 aromatic heterocycles. The largest absolute Gasteiger partial charge is 0.351 e. The summed E-state index contributed by atoms with van der Waals surface area (Å²) in [6.07, 6.45) is 0. The monoisotopic (exact) mass is 548 g/mol. The molecular weight excluding hydrogens is 530 g/mol. The predicted molar refractivity (Wildman–Crippen MR) is 114 cm³/mol. The van der Waals surface area contributed by atoms with Crippen LogP contribution in [0.15, 0.2) is 48.5 Å². The van der Waals surface area contributed by atoms with Crippen molar-refractivity contribution in [2.75, 3.05) is 21.9 Å². The highest BCUT2D eigenvalue weighted by Crippen LogP contribution is 2.20. The number of halogens is 2. The van der Waals surface area contributed by atoms with Gasteiger partial charge in [0.05, 0.1) is 0 Å². The van der Waals surface area contributed by atoms with Gasteiger partial charge in [0.2, 0.25) is 0 Å². The molecule has 0 unspecified atom stereocenters. The molecule has 4 nitrogen and oxygen atoms in total. The van der Waals surface area contributed by atoms with Crippen LogP contribution in [0.25, 0.3) is 11.1 Å². The van der Waals surface area contributed by atoms with Gasteiger partial charge in [0.25, 0.3) is 11.8 Å². The summed E-state index contributed by atoms with van der Waals surface area (Å²) < 4.78 is 1.78. The molecular formula is C18H18I2N2O2. The van der Waals surface area contributed by atoms with Crippen molar-refractivity contribution in [1.29, 1.82) is 0 Å². The Labute approximate surface area is 169 Å². The zero-order valence-corrected chi connectivity index (χ0v) is 17.3. The molecule has 2 aromatic rings. The number of benzene rings is 2. The molecule has 2 aromatic carbocycles. The van der Waals surface area contributed by atoms with Crippen molar-refractivity contribution >= 4 is 57.0 Å². The summed E-state index contributed by atoms with van der Waals surface area (Å²) >= 11 is 4.45. The standard InChI is InChI=1S/C18H18I2N2O2/c19-9-11-21-17(23)15-5-1-13(2-6-15)14-3-7-16(8-4-14)18(24)22-12-10-20/h1-8H,9-12H2,(H,21,23)(H,22,24). The molecule has 0 aliphatic heterocycles. The van der Waals surface area contributed by atoms with E-state index in [1.807, 2.05) is 48.5 Å². The number of hydrogen-bond donors (Lipinski definition) is 2. The summed E-state index contributed by atoms with van der Waals surface area (Å²) in [7, 11) is 0. The first-order chi connectivity index (χ1) is 11.7. The second-order valence-electron chi connectivity index (χ2n) is 5.04. The highest BCUT2D eigenvalue weighted by Gasteiger charge is 2.07. The van der Waals surface area contributed by atoms with Gasteiger partial charge < -0.3 is 10.6 Å². The van der Waals surface area contributed by atoms with E-state index in [-0.39, 0.29) is 11.8 Å². The predicted octanol–water partition coefficient (Wildman–Crippen LogP) is 3.68. The topological polar surface area (TPSA) is 58.2 Å². The first kappa shape index (κ1) is 19.2. The van der Waals surface area contributed by atoms with Crippen LogP contribution in [0.2, 0.25) is 0 Å². The van der Waals surface area contributed by atoms with Crippen LogP contribution in [0.1, 0.15) is 20.7 Å². The van der Waals surface area contributed by atoms with Crippen molar-refractivity contribution in [2.45, 2.75) is 0 Å².